The first-order chi connectivity index (χ1) is 38.1. The van der Waals surface area contributed by atoms with Gasteiger partial charge in [-0.05, 0) is 117 Å². The number of nitrogens with zero attached hydrogens (tertiary/aromatic N) is 6. The van der Waals surface area contributed by atoms with E-state index in [4.69, 9.17) is 21.0 Å². The quantitative estimate of drug-likeness (QED) is 0.0211. The van der Waals surface area contributed by atoms with Crippen molar-refractivity contribution in [2.45, 2.75) is 25.7 Å². The normalized spacial score (nSPS) is 11.4. The van der Waals surface area contributed by atoms with E-state index in [0.29, 0.717) is 80.4 Å². The molecule has 17 heteroatoms. The number of H-pyrrole nitrogens is 1. The fourth-order valence-corrected chi connectivity index (χ4v) is 9.59. The fraction of sp³-hybridized carbons (Fsp3) is 0.210. The number of hydrogen-bond donors (Lipinski definition) is 5. The first kappa shape index (κ1) is 54.7. The van der Waals surface area contributed by atoms with Crippen LogP contribution in [0.3, 0.4) is 0 Å². The minimum atomic E-state index is -1.09. The highest BCUT2D eigenvalue weighted by molar-refractivity contribution is 6.33. The van der Waals surface area contributed by atoms with Crippen LogP contribution in [0, 0.1) is 0 Å². The van der Waals surface area contributed by atoms with E-state index in [1.165, 1.54) is 12.1 Å². The van der Waals surface area contributed by atoms with E-state index in [2.05, 4.69) is 30.8 Å². The van der Waals surface area contributed by atoms with Crippen LogP contribution in [0.15, 0.2) is 156 Å². The molecular formula is C62H62ClN10O6+. The minimum Gasteiger partial charge on any atom is -0.478 e. The van der Waals surface area contributed by atoms with Gasteiger partial charge in [0, 0.05) is 125 Å². The summed E-state index contributed by atoms with van der Waals surface area (Å²) in [7, 11) is 11.6. The van der Waals surface area contributed by atoms with Crippen LogP contribution in [0.4, 0.5) is 28.7 Å². The Morgan fingerprint density at radius 2 is 1.49 bits per heavy atom. The number of carboxylic acids is 1. The molecular weight excluding hydrogens is 1020 g/mol. The first-order valence-electron chi connectivity index (χ1n) is 25.9. The summed E-state index contributed by atoms with van der Waals surface area (Å²) in [5, 5.41) is 22.5. The second kappa shape index (κ2) is 24.5. The Balaban J connectivity index is 0.713. The van der Waals surface area contributed by atoms with Gasteiger partial charge in [0.2, 0.25) is 17.2 Å². The number of carbonyl (C=O) groups excluding carboxylic acids is 3. The Morgan fingerprint density at radius 1 is 0.734 bits per heavy atom. The average molecular weight is 1080 g/mol. The summed E-state index contributed by atoms with van der Waals surface area (Å²) < 4.78 is 8.45. The molecule has 79 heavy (non-hydrogen) atoms. The number of halogens is 1. The van der Waals surface area contributed by atoms with Crippen molar-refractivity contribution in [2.75, 3.05) is 82.8 Å². The van der Waals surface area contributed by atoms with E-state index in [0.717, 1.165) is 70.7 Å². The predicted octanol–water partition coefficient (Wildman–Crippen LogP) is 11.3. The molecule has 0 saturated heterocycles. The van der Waals surface area contributed by atoms with Crippen molar-refractivity contribution in [3.8, 4) is 33.7 Å². The van der Waals surface area contributed by atoms with Crippen LogP contribution in [0.25, 0.3) is 55.6 Å². The number of rotatable bonds is 20. The standard InChI is InChI=1S/C62H61ClN10O6/c1-70(2)44-25-28-48-54(35-44)79-55-36-45(71(3)4)26-29-49(55)57(48)50-33-40(22-27-47(50)61(77)78)60(76)73(6)32-12-8-7-11-30-72(5)31-14-19-56(74)66-41-23-20-39(21-24-41)59(75)67-42-15-13-16-43(34-42)68-62-65-38-52(63)58(69-62)51-37-64-53-18-10-9-17-46(51)53/h9-10,13-29,33-38H,7-8,11-12,30-32H2,1-6H3,(H4-,64,65,66,67,68,69,74,75,77,78)/p+1/b19-14+. The number of unbranched alkanes of at least 4 members (excludes halogenated alkanes) is 3. The molecule has 5 aromatic carbocycles. The summed E-state index contributed by atoms with van der Waals surface area (Å²) in [5.74, 6) is -0.930. The summed E-state index contributed by atoms with van der Waals surface area (Å²) in [4.78, 5) is 70.8. The van der Waals surface area contributed by atoms with Gasteiger partial charge in [-0.1, -0.05) is 54.8 Å². The number of anilines is 5. The SMILES string of the molecule is CN(C/C=C/C(=O)Nc1ccc(C(=O)Nc2cccc(Nc3ncc(Cl)c(-c4c[nH]c5ccccc45)n3)c2)cc1)CCCCCCN(C)C(=O)c1ccc(C(=O)O)c(-c2c3ccc(=[N+](C)C)cc-3oc3cc(N(C)C)ccc23)c1. The third-order valence-electron chi connectivity index (χ3n) is 13.7. The molecule has 0 atom stereocenters. The second-order valence-corrected chi connectivity index (χ2v) is 20.3. The molecule has 0 fully saturated rings. The van der Waals surface area contributed by atoms with Crippen molar-refractivity contribution in [1.29, 1.82) is 0 Å². The van der Waals surface area contributed by atoms with Crippen LogP contribution in [-0.2, 0) is 4.79 Å². The fourth-order valence-electron chi connectivity index (χ4n) is 9.40. The number of aromatic nitrogens is 3. The summed E-state index contributed by atoms with van der Waals surface area (Å²) in [5.41, 5.74) is 8.52. The van der Waals surface area contributed by atoms with Crippen LogP contribution < -0.4 is 30.8 Å². The number of para-hydroxylation sites is 1. The van der Waals surface area contributed by atoms with E-state index < -0.39 is 5.97 Å². The van der Waals surface area contributed by atoms with Crippen molar-refractivity contribution >= 4 is 85.9 Å². The van der Waals surface area contributed by atoms with Gasteiger partial charge in [0.15, 0.2) is 0 Å². The van der Waals surface area contributed by atoms with Crippen LogP contribution in [-0.4, -0.2) is 115 Å². The number of aromatic carboxylic acids is 1. The van der Waals surface area contributed by atoms with E-state index in [9.17, 15) is 24.3 Å². The number of likely N-dealkylation sites (N-methyl/N-ethyl adjacent to an activating group) is 1. The van der Waals surface area contributed by atoms with Crippen molar-refractivity contribution < 1.29 is 28.7 Å². The predicted molar refractivity (Wildman–Crippen MR) is 316 cm³/mol. The number of benzene rings is 6. The highest BCUT2D eigenvalue weighted by Crippen LogP contribution is 2.42. The van der Waals surface area contributed by atoms with Gasteiger partial charge in [-0.2, -0.15) is 0 Å². The van der Waals surface area contributed by atoms with E-state index in [-0.39, 0.29) is 23.3 Å². The number of hydrogen-bond acceptors (Lipinski definition) is 10. The lowest BCUT2D eigenvalue weighted by atomic mass is 9.89. The second-order valence-electron chi connectivity index (χ2n) is 19.9. The number of aromatic amines is 1. The lowest BCUT2D eigenvalue weighted by Crippen LogP contribution is -2.28. The van der Waals surface area contributed by atoms with Crippen LogP contribution in [0.5, 0.6) is 0 Å². The van der Waals surface area contributed by atoms with Crippen molar-refractivity contribution in [3.05, 3.63) is 179 Å². The molecule has 9 rings (SSSR count). The maximum Gasteiger partial charge on any atom is 0.336 e. The molecule has 1 aliphatic heterocycles. The number of amides is 3. The third-order valence-corrected chi connectivity index (χ3v) is 14.0. The molecule has 3 amide bonds. The largest absolute Gasteiger partial charge is 0.478 e. The number of fused-ring (bicyclic) bond motifs is 3. The summed E-state index contributed by atoms with van der Waals surface area (Å²) in [6.45, 7) is 1.95. The zero-order valence-electron chi connectivity index (χ0n) is 44.9. The number of carbonyl (C=O) groups is 4. The van der Waals surface area contributed by atoms with E-state index in [1.807, 2.05) is 130 Å². The maximum absolute atomic E-state index is 13.9. The smallest absolute Gasteiger partial charge is 0.336 e. The Bertz CT molecular complexity index is 3810. The highest BCUT2D eigenvalue weighted by atomic mass is 35.5. The molecule has 0 bridgehead atoms. The number of nitrogens with one attached hydrogen (secondary N) is 4. The number of carboxylic acid groups (broad SMARTS) is 1. The maximum atomic E-state index is 13.9. The lowest BCUT2D eigenvalue weighted by Gasteiger charge is -2.21. The van der Waals surface area contributed by atoms with Gasteiger partial charge in [-0.3, -0.25) is 14.4 Å². The molecule has 0 saturated carbocycles. The summed E-state index contributed by atoms with van der Waals surface area (Å²) in [6, 6.07) is 38.3. The van der Waals surface area contributed by atoms with Crippen LogP contribution in [0.2, 0.25) is 5.02 Å². The molecule has 0 radical (unpaired) electrons. The average Bonchev–Trinajstić information content (AvgIpc) is 4.05. The van der Waals surface area contributed by atoms with E-state index >= 15 is 0 Å². The van der Waals surface area contributed by atoms with Gasteiger partial charge in [-0.25, -0.2) is 19.3 Å². The molecule has 5 N–H and O–H groups in total. The van der Waals surface area contributed by atoms with Crippen molar-refractivity contribution in [2.24, 2.45) is 0 Å². The van der Waals surface area contributed by atoms with Crippen molar-refractivity contribution in [3.63, 3.8) is 0 Å². The third kappa shape index (κ3) is 13.0. The zero-order chi connectivity index (χ0) is 55.7. The highest BCUT2D eigenvalue weighted by Gasteiger charge is 2.25. The van der Waals surface area contributed by atoms with Gasteiger partial charge in [0.1, 0.15) is 25.4 Å². The molecule has 402 valence electrons. The lowest BCUT2D eigenvalue weighted by molar-refractivity contribution is -0.111. The molecule has 1 aliphatic carbocycles. The molecule has 7 aromatic rings. The Labute approximate surface area is 463 Å². The van der Waals surface area contributed by atoms with E-state index in [1.54, 1.807) is 66.7 Å². The Kier molecular flexibility index (Phi) is 16.9. The summed E-state index contributed by atoms with van der Waals surface area (Å²) >= 11 is 6.53. The van der Waals surface area contributed by atoms with Gasteiger partial charge < -0.3 is 45.2 Å². The van der Waals surface area contributed by atoms with Crippen molar-refractivity contribution in [1.82, 2.24) is 29.3 Å². The molecule has 0 unspecified atom stereocenters. The van der Waals surface area contributed by atoms with Gasteiger partial charge in [-0.15, -0.1) is 0 Å². The molecule has 0 spiro atoms. The van der Waals surface area contributed by atoms with Crippen LogP contribution >= 0.6 is 11.6 Å². The van der Waals surface area contributed by atoms with Gasteiger partial charge >= 0.3 is 5.97 Å². The molecule has 2 aliphatic rings. The topological polar surface area (TPSA) is 192 Å². The monoisotopic (exact) mass is 1080 g/mol. The molecule has 3 heterocycles. The van der Waals surface area contributed by atoms with Crippen LogP contribution in [0.1, 0.15) is 56.8 Å². The van der Waals surface area contributed by atoms with Gasteiger partial charge in [0.25, 0.3) is 11.8 Å². The first-order valence-corrected chi connectivity index (χ1v) is 26.3. The Hall–Kier alpha value is -9.12. The minimum absolute atomic E-state index is 0.0926. The zero-order valence-corrected chi connectivity index (χ0v) is 45.7. The summed E-state index contributed by atoms with van der Waals surface area (Å²) in [6.07, 6.45) is 10.4. The van der Waals surface area contributed by atoms with Gasteiger partial charge in [0.05, 0.1) is 28.5 Å². The Morgan fingerprint density at radius 3 is 2.27 bits per heavy atom. The molecule has 16 nitrogen and oxygen atoms in total. The molecule has 2 aromatic heterocycles.